The molecule has 5 nitrogen and oxygen atoms in total. The Kier molecular flexibility index (Phi) is 5.85. The van der Waals surface area contributed by atoms with Crippen LogP contribution in [0.2, 0.25) is 0 Å². The number of carbonyl (C=O) groups is 3. The maximum Gasteiger partial charge on any atom is 0.338 e. The van der Waals surface area contributed by atoms with Crippen molar-refractivity contribution in [3.63, 3.8) is 0 Å². The monoisotopic (exact) mass is 359 g/mol. The summed E-state index contributed by atoms with van der Waals surface area (Å²) in [4.78, 5) is 40.5. The van der Waals surface area contributed by atoms with Gasteiger partial charge in [0, 0.05) is 16.2 Å². The van der Waals surface area contributed by atoms with E-state index in [0.29, 0.717) is 28.1 Å². The summed E-state index contributed by atoms with van der Waals surface area (Å²) >= 11 is 1.57. The van der Waals surface area contributed by atoms with Gasteiger partial charge in [0.05, 0.1) is 11.3 Å². The average molecular weight is 359 g/mol. The molecule has 0 radical (unpaired) electrons. The minimum atomic E-state index is -0.954. The summed E-state index contributed by atoms with van der Waals surface area (Å²) in [5.74, 6) is -1.02. The van der Waals surface area contributed by atoms with Crippen LogP contribution < -0.4 is 0 Å². The predicted molar refractivity (Wildman–Crippen MR) is 97.7 cm³/mol. The number of aryl methyl sites for hydroxylation is 1. The lowest BCUT2D eigenvalue weighted by Crippen LogP contribution is -2.25. The second kappa shape index (κ2) is 7.70. The molecule has 2 aromatic rings. The molecule has 0 amide bonds. The molecule has 1 aromatic carbocycles. The zero-order valence-corrected chi connectivity index (χ0v) is 15.7. The number of nitrogens with one attached hydrogen (secondary N) is 1. The third-order valence-corrected chi connectivity index (χ3v) is 4.76. The van der Waals surface area contributed by atoms with E-state index in [1.54, 1.807) is 37.7 Å². The van der Waals surface area contributed by atoms with Crippen molar-refractivity contribution in [3.05, 3.63) is 52.3 Å². The first kappa shape index (κ1) is 19.0. The highest BCUT2D eigenvalue weighted by Crippen LogP contribution is 2.21. The first-order valence-corrected chi connectivity index (χ1v) is 9.08. The highest BCUT2D eigenvalue weighted by atomic mass is 32.2. The Morgan fingerprint density at radius 1 is 1.12 bits per heavy atom. The van der Waals surface area contributed by atoms with E-state index in [9.17, 15) is 14.4 Å². The molecule has 0 unspecified atom stereocenters. The number of ketones is 2. The molecule has 0 saturated heterocycles. The number of ether oxygens (including phenoxy) is 1. The van der Waals surface area contributed by atoms with Gasteiger partial charge in [0.25, 0.3) is 0 Å². The van der Waals surface area contributed by atoms with Crippen LogP contribution in [0.25, 0.3) is 0 Å². The molecule has 1 heterocycles. The number of Topliss-reactive ketones (excluding diaryl/α,β-unsaturated/α-hetero) is 2. The Bertz CT molecular complexity index is 821. The first-order valence-electron chi connectivity index (χ1n) is 7.85. The molecule has 0 saturated carbocycles. The normalized spacial score (nSPS) is 11.9. The van der Waals surface area contributed by atoms with Gasteiger partial charge < -0.3 is 9.72 Å². The van der Waals surface area contributed by atoms with E-state index in [1.807, 2.05) is 18.4 Å². The summed E-state index contributed by atoms with van der Waals surface area (Å²) in [6, 6.07) is 6.99. The first-order chi connectivity index (χ1) is 11.8. The Morgan fingerprint density at radius 3 is 2.20 bits per heavy atom. The van der Waals surface area contributed by atoms with Crippen molar-refractivity contribution in [3.8, 4) is 0 Å². The van der Waals surface area contributed by atoms with Crippen LogP contribution in [0.5, 0.6) is 0 Å². The lowest BCUT2D eigenvalue weighted by molar-refractivity contribution is 0.0317. The van der Waals surface area contributed by atoms with Crippen molar-refractivity contribution in [2.24, 2.45) is 0 Å². The number of benzene rings is 1. The standard InChI is InChI=1S/C19H21NO4S/c1-10-16(12(3)21)11(2)20-17(10)18(22)13(4)24-19(23)14-6-8-15(25-5)9-7-14/h6-9,13,20H,1-5H3/t13-/m0/s1. The summed E-state index contributed by atoms with van der Waals surface area (Å²) in [5, 5.41) is 0. The summed E-state index contributed by atoms with van der Waals surface area (Å²) < 4.78 is 5.29. The van der Waals surface area contributed by atoms with Crippen LogP contribution in [0.1, 0.15) is 56.3 Å². The van der Waals surface area contributed by atoms with Crippen LogP contribution in [-0.2, 0) is 4.74 Å². The molecule has 1 atom stereocenters. The van der Waals surface area contributed by atoms with Crippen molar-refractivity contribution >= 4 is 29.3 Å². The minimum absolute atomic E-state index is 0.108. The van der Waals surface area contributed by atoms with E-state index in [1.165, 1.54) is 13.8 Å². The highest BCUT2D eigenvalue weighted by molar-refractivity contribution is 7.98. The summed E-state index contributed by atoms with van der Waals surface area (Å²) in [7, 11) is 0. The van der Waals surface area contributed by atoms with E-state index < -0.39 is 12.1 Å². The molecule has 2 rings (SSSR count). The van der Waals surface area contributed by atoms with E-state index in [-0.39, 0.29) is 11.6 Å². The molecule has 0 fully saturated rings. The number of hydrogen-bond acceptors (Lipinski definition) is 5. The van der Waals surface area contributed by atoms with Gasteiger partial charge in [-0.25, -0.2) is 4.79 Å². The van der Waals surface area contributed by atoms with Crippen molar-refractivity contribution < 1.29 is 19.1 Å². The van der Waals surface area contributed by atoms with Crippen LogP contribution in [0, 0.1) is 13.8 Å². The number of thioether (sulfide) groups is 1. The van der Waals surface area contributed by atoms with Crippen LogP contribution in [0.4, 0.5) is 0 Å². The van der Waals surface area contributed by atoms with E-state index >= 15 is 0 Å². The van der Waals surface area contributed by atoms with Crippen molar-refractivity contribution in [1.29, 1.82) is 0 Å². The zero-order valence-electron chi connectivity index (χ0n) is 14.9. The molecule has 0 aliphatic rings. The predicted octanol–water partition coefficient (Wildman–Crippen LogP) is 3.98. The largest absolute Gasteiger partial charge is 0.451 e. The van der Waals surface area contributed by atoms with Gasteiger partial charge in [0.15, 0.2) is 11.9 Å². The minimum Gasteiger partial charge on any atom is -0.451 e. The molecule has 6 heteroatoms. The van der Waals surface area contributed by atoms with Crippen molar-refractivity contribution in [1.82, 2.24) is 4.98 Å². The van der Waals surface area contributed by atoms with Crippen LogP contribution in [0.3, 0.4) is 0 Å². The topological polar surface area (TPSA) is 76.2 Å². The second-order valence-electron chi connectivity index (χ2n) is 5.82. The fourth-order valence-corrected chi connectivity index (χ4v) is 3.15. The molecule has 0 spiro atoms. The Morgan fingerprint density at radius 2 is 1.72 bits per heavy atom. The fraction of sp³-hybridized carbons (Fsp3) is 0.316. The summed E-state index contributed by atoms with van der Waals surface area (Å²) in [5.41, 5.74) is 2.43. The molecule has 1 N–H and O–H groups in total. The van der Waals surface area contributed by atoms with Crippen molar-refractivity contribution in [2.75, 3.05) is 6.26 Å². The Hall–Kier alpha value is -2.34. The number of aromatic amines is 1. The van der Waals surface area contributed by atoms with Gasteiger partial charge in [-0.1, -0.05) is 0 Å². The molecule has 25 heavy (non-hydrogen) atoms. The zero-order chi connectivity index (χ0) is 18.7. The number of carbonyl (C=O) groups excluding carboxylic acids is 3. The SMILES string of the molecule is CSc1ccc(C(=O)O[C@@H](C)C(=O)c2[nH]c(C)c(C(C)=O)c2C)cc1. The van der Waals surface area contributed by atoms with Gasteiger partial charge in [-0.05, 0) is 63.8 Å². The number of hydrogen-bond donors (Lipinski definition) is 1. The summed E-state index contributed by atoms with van der Waals surface area (Å²) in [6.07, 6.45) is 0.994. The van der Waals surface area contributed by atoms with Gasteiger partial charge >= 0.3 is 5.97 Å². The molecule has 1 aromatic heterocycles. The quantitative estimate of drug-likeness (QED) is 0.479. The number of rotatable bonds is 6. The molecule has 0 bridgehead atoms. The van der Waals surface area contributed by atoms with Gasteiger partial charge in [-0.2, -0.15) is 0 Å². The maximum absolute atomic E-state index is 12.6. The van der Waals surface area contributed by atoms with Crippen LogP contribution >= 0.6 is 11.8 Å². The van der Waals surface area contributed by atoms with Crippen molar-refractivity contribution in [2.45, 2.75) is 38.7 Å². The number of aromatic nitrogens is 1. The smallest absolute Gasteiger partial charge is 0.338 e. The van der Waals surface area contributed by atoms with Gasteiger partial charge in [-0.15, -0.1) is 11.8 Å². The van der Waals surface area contributed by atoms with Crippen LogP contribution in [-0.4, -0.2) is 34.9 Å². The lowest BCUT2D eigenvalue weighted by Gasteiger charge is -2.12. The third kappa shape index (κ3) is 4.02. The Balaban J connectivity index is 2.16. The molecule has 0 aliphatic carbocycles. The lowest BCUT2D eigenvalue weighted by atomic mass is 10.0. The number of esters is 1. The van der Waals surface area contributed by atoms with E-state index in [0.717, 1.165) is 4.90 Å². The van der Waals surface area contributed by atoms with E-state index in [2.05, 4.69) is 4.98 Å². The van der Waals surface area contributed by atoms with Gasteiger partial charge in [0.1, 0.15) is 0 Å². The molecule has 132 valence electrons. The average Bonchev–Trinajstić information content (AvgIpc) is 2.88. The van der Waals surface area contributed by atoms with E-state index in [4.69, 9.17) is 4.74 Å². The van der Waals surface area contributed by atoms with Gasteiger partial charge in [-0.3, -0.25) is 9.59 Å². The van der Waals surface area contributed by atoms with Crippen LogP contribution in [0.15, 0.2) is 29.2 Å². The second-order valence-corrected chi connectivity index (χ2v) is 6.70. The Labute approximate surface area is 151 Å². The molecular weight excluding hydrogens is 338 g/mol. The maximum atomic E-state index is 12.6. The van der Waals surface area contributed by atoms with Gasteiger partial charge in [0.2, 0.25) is 5.78 Å². The third-order valence-electron chi connectivity index (χ3n) is 4.01. The fourth-order valence-electron chi connectivity index (χ4n) is 2.74. The molecule has 0 aliphatic heterocycles. The number of H-pyrrole nitrogens is 1. The highest BCUT2D eigenvalue weighted by Gasteiger charge is 2.26. The summed E-state index contributed by atoms with van der Waals surface area (Å²) in [6.45, 7) is 6.44. The molecular formula is C19H21NO4S.